The maximum atomic E-state index is 9.82. The van der Waals surface area contributed by atoms with E-state index in [1.54, 1.807) is 0 Å². The molecule has 1 aliphatic carbocycles. The number of aliphatic hydroxyl groups excluding tert-OH is 1. The third-order valence-corrected chi connectivity index (χ3v) is 3.69. The minimum absolute atomic E-state index is 0.0916. The second kappa shape index (κ2) is 3.27. The molecule has 13 heavy (non-hydrogen) atoms. The van der Waals surface area contributed by atoms with Gasteiger partial charge in [0.15, 0.2) is 0 Å². The largest absolute Gasteiger partial charge is 0.393 e. The van der Waals surface area contributed by atoms with Gasteiger partial charge in [-0.05, 0) is 36.0 Å². The van der Waals surface area contributed by atoms with E-state index < -0.39 is 0 Å². The lowest BCUT2D eigenvalue weighted by Crippen LogP contribution is -2.40. The fourth-order valence-electron chi connectivity index (χ4n) is 2.36. The van der Waals surface area contributed by atoms with Crippen molar-refractivity contribution in [3.05, 3.63) is 0 Å². The van der Waals surface area contributed by atoms with Gasteiger partial charge in [0.2, 0.25) is 0 Å². The quantitative estimate of drug-likeness (QED) is 0.613. The highest BCUT2D eigenvalue weighted by molar-refractivity contribution is 4.90. The van der Waals surface area contributed by atoms with Gasteiger partial charge in [0, 0.05) is 0 Å². The Kier molecular flexibility index (Phi) is 2.78. The van der Waals surface area contributed by atoms with Gasteiger partial charge in [-0.2, -0.15) is 0 Å². The van der Waals surface area contributed by atoms with Crippen LogP contribution in [0.5, 0.6) is 0 Å². The van der Waals surface area contributed by atoms with Crippen LogP contribution in [0, 0.1) is 16.7 Å². The Bertz CT molecular complexity index is 176. The van der Waals surface area contributed by atoms with Gasteiger partial charge < -0.3 is 5.11 Å². The fraction of sp³-hybridized carbons (Fsp3) is 1.00. The summed E-state index contributed by atoms with van der Waals surface area (Å²) in [6.07, 6.45) is 3.24. The molecule has 0 spiro atoms. The SMILES string of the molecule is CC(C)(C)C1CCC(O)C(C)(C)C1. The topological polar surface area (TPSA) is 20.2 Å². The Hall–Kier alpha value is -0.0400. The minimum Gasteiger partial charge on any atom is -0.393 e. The molecular weight excluding hydrogens is 160 g/mol. The van der Waals surface area contributed by atoms with Gasteiger partial charge in [-0.25, -0.2) is 0 Å². The Balaban J connectivity index is 2.66. The Morgan fingerprint density at radius 2 is 1.69 bits per heavy atom. The van der Waals surface area contributed by atoms with Crippen LogP contribution in [0.15, 0.2) is 0 Å². The molecule has 0 bridgehead atoms. The highest BCUT2D eigenvalue weighted by Gasteiger charge is 2.39. The molecule has 1 saturated carbocycles. The van der Waals surface area contributed by atoms with E-state index in [4.69, 9.17) is 0 Å². The van der Waals surface area contributed by atoms with Gasteiger partial charge in [0.1, 0.15) is 0 Å². The molecular formula is C12H24O. The average molecular weight is 184 g/mol. The van der Waals surface area contributed by atoms with Crippen molar-refractivity contribution >= 4 is 0 Å². The molecule has 0 amide bonds. The molecule has 78 valence electrons. The third-order valence-electron chi connectivity index (χ3n) is 3.69. The number of aliphatic hydroxyl groups is 1. The van der Waals surface area contributed by atoms with Gasteiger partial charge in [0.25, 0.3) is 0 Å². The summed E-state index contributed by atoms with van der Waals surface area (Å²) in [4.78, 5) is 0. The zero-order chi connectivity index (χ0) is 10.3. The molecule has 0 aromatic rings. The van der Waals surface area contributed by atoms with Crippen LogP contribution >= 0.6 is 0 Å². The summed E-state index contributed by atoms with van der Waals surface area (Å²) in [5, 5.41) is 9.82. The maximum absolute atomic E-state index is 9.82. The highest BCUT2D eigenvalue weighted by atomic mass is 16.3. The fourth-order valence-corrected chi connectivity index (χ4v) is 2.36. The molecule has 1 nitrogen and oxygen atoms in total. The molecule has 1 heteroatoms. The van der Waals surface area contributed by atoms with E-state index in [1.165, 1.54) is 6.42 Å². The van der Waals surface area contributed by atoms with Crippen molar-refractivity contribution in [2.45, 2.75) is 60.0 Å². The van der Waals surface area contributed by atoms with Crippen LogP contribution in [0.1, 0.15) is 53.9 Å². The molecule has 1 fully saturated rings. The number of hydrogen-bond acceptors (Lipinski definition) is 1. The highest BCUT2D eigenvalue weighted by Crippen LogP contribution is 2.45. The molecule has 0 saturated heterocycles. The van der Waals surface area contributed by atoms with Crippen molar-refractivity contribution in [3.63, 3.8) is 0 Å². The van der Waals surface area contributed by atoms with Crippen LogP contribution in [0.2, 0.25) is 0 Å². The lowest BCUT2D eigenvalue weighted by Gasteiger charge is -2.44. The van der Waals surface area contributed by atoms with Crippen LogP contribution in [-0.2, 0) is 0 Å². The van der Waals surface area contributed by atoms with Crippen molar-refractivity contribution in [1.29, 1.82) is 0 Å². The predicted octanol–water partition coefficient (Wildman–Crippen LogP) is 3.22. The zero-order valence-corrected chi connectivity index (χ0v) is 9.72. The lowest BCUT2D eigenvalue weighted by atomic mass is 9.63. The molecule has 0 heterocycles. The van der Waals surface area contributed by atoms with E-state index in [0.717, 1.165) is 18.8 Å². The van der Waals surface area contributed by atoms with Crippen LogP contribution in [-0.4, -0.2) is 11.2 Å². The minimum atomic E-state index is -0.0916. The van der Waals surface area contributed by atoms with E-state index in [2.05, 4.69) is 34.6 Å². The molecule has 1 aliphatic rings. The average Bonchev–Trinajstić information content (AvgIpc) is 1.92. The van der Waals surface area contributed by atoms with Gasteiger partial charge >= 0.3 is 0 Å². The first kappa shape index (κ1) is 11.0. The van der Waals surface area contributed by atoms with Crippen molar-refractivity contribution in [3.8, 4) is 0 Å². The number of hydrogen-bond donors (Lipinski definition) is 1. The standard InChI is InChI=1S/C12H24O/c1-11(2,3)9-6-7-10(13)12(4,5)8-9/h9-10,13H,6-8H2,1-5H3. The van der Waals surface area contributed by atoms with Crippen molar-refractivity contribution in [1.82, 2.24) is 0 Å². The van der Waals surface area contributed by atoms with Gasteiger partial charge in [-0.15, -0.1) is 0 Å². The zero-order valence-electron chi connectivity index (χ0n) is 9.72. The summed E-state index contributed by atoms with van der Waals surface area (Å²) in [5.74, 6) is 0.769. The van der Waals surface area contributed by atoms with E-state index in [1.807, 2.05) is 0 Å². The van der Waals surface area contributed by atoms with E-state index in [9.17, 15) is 5.11 Å². The molecule has 2 atom stereocenters. The normalized spacial score (nSPS) is 34.6. The molecule has 1 rings (SSSR count). The van der Waals surface area contributed by atoms with E-state index >= 15 is 0 Å². The van der Waals surface area contributed by atoms with Crippen LogP contribution in [0.4, 0.5) is 0 Å². The second-order valence-corrected chi connectivity index (χ2v) is 6.35. The monoisotopic (exact) mass is 184 g/mol. The molecule has 0 aromatic heterocycles. The van der Waals surface area contributed by atoms with Gasteiger partial charge in [-0.3, -0.25) is 0 Å². The Labute approximate surface area is 82.5 Å². The molecule has 0 aromatic carbocycles. The second-order valence-electron chi connectivity index (χ2n) is 6.35. The summed E-state index contributed by atoms with van der Waals surface area (Å²) >= 11 is 0. The summed E-state index contributed by atoms with van der Waals surface area (Å²) in [6, 6.07) is 0. The maximum Gasteiger partial charge on any atom is 0.0591 e. The first-order chi connectivity index (χ1) is 5.73. The van der Waals surface area contributed by atoms with E-state index in [0.29, 0.717) is 5.41 Å². The first-order valence-electron chi connectivity index (χ1n) is 5.41. The number of rotatable bonds is 0. The van der Waals surface area contributed by atoms with Crippen molar-refractivity contribution in [2.75, 3.05) is 0 Å². The van der Waals surface area contributed by atoms with Crippen LogP contribution < -0.4 is 0 Å². The Morgan fingerprint density at radius 3 is 2.08 bits per heavy atom. The van der Waals surface area contributed by atoms with Gasteiger partial charge in [-0.1, -0.05) is 34.6 Å². The van der Waals surface area contributed by atoms with E-state index in [-0.39, 0.29) is 11.5 Å². The molecule has 0 radical (unpaired) electrons. The molecule has 0 aliphatic heterocycles. The molecule has 2 unspecified atom stereocenters. The van der Waals surface area contributed by atoms with Crippen molar-refractivity contribution in [2.24, 2.45) is 16.7 Å². The van der Waals surface area contributed by atoms with Crippen molar-refractivity contribution < 1.29 is 5.11 Å². The summed E-state index contributed by atoms with van der Waals surface area (Å²) in [7, 11) is 0. The van der Waals surface area contributed by atoms with Gasteiger partial charge in [0.05, 0.1) is 6.10 Å². The molecule has 1 N–H and O–H groups in total. The third kappa shape index (κ3) is 2.46. The van der Waals surface area contributed by atoms with Crippen LogP contribution in [0.3, 0.4) is 0 Å². The Morgan fingerprint density at radius 1 is 1.15 bits per heavy atom. The summed E-state index contributed by atoms with van der Waals surface area (Å²) < 4.78 is 0. The summed E-state index contributed by atoms with van der Waals surface area (Å²) in [5.41, 5.74) is 0.521. The summed E-state index contributed by atoms with van der Waals surface area (Å²) in [6.45, 7) is 11.3. The lowest BCUT2D eigenvalue weighted by molar-refractivity contribution is -0.0305. The van der Waals surface area contributed by atoms with Crippen LogP contribution in [0.25, 0.3) is 0 Å². The smallest absolute Gasteiger partial charge is 0.0591 e. The predicted molar refractivity (Wildman–Crippen MR) is 56.6 cm³/mol. The first-order valence-corrected chi connectivity index (χ1v) is 5.41.